The number of nitrogens with two attached hydrogens (primary N) is 1. The summed E-state index contributed by atoms with van der Waals surface area (Å²) in [6.45, 7) is 0.544. The third kappa shape index (κ3) is 2.76. The quantitative estimate of drug-likeness (QED) is 0.874. The molecule has 0 aliphatic heterocycles. The summed E-state index contributed by atoms with van der Waals surface area (Å²) >= 11 is 5.23. The molecule has 6 heteroatoms. The van der Waals surface area contributed by atoms with Gasteiger partial charge < -0.3 is 10.3 Å². The van der Waals surface area contributed by atoms with Crippen LogP contribution in [0.4, 0.5) is 0 Å². The van der Waals surface area contributed by atoms with Gasteiger partial charge in [0.2, 0.25) is 0 Å². The van der Waals surface area contributed by atoms with Gasteiger partial charge >= 0.3 is 0 Å². The average molecular weight is 365 g/mol. The molecule has 2 aromatic rings. The maximum atomic E-state index is 5.86. The van der Waals surface area contributed by atoms with Gasteiger partial charge in [-0.1, -0.05) is 22.0 Å². The molecule has 110 valence electrons. The molecule has 2 fully saturated rings. The maximum Gasteiger partial charge on any atom is 0.196 e. The molecule has 0 saturated heterocycles. The van der Waals surface area contributed by atoms with Gasteiger partial charge in [0.05, 0.1) is 0 Å². The molecule has 1 aromatic heterocycles. The molecule has 1 heterocycles. The summed E-state index contributed by atoms with van der Waals surface area (Å²) in [6, 6.07) is 6.85. The number of rotatable bonds is 5. The minimum atomic E-state index is 0.544. The van der Waals surface area contributed by atoms with Crippen LogP contribution >= 0.6 is 27.7 Å². The summed E-state index contributed by atoms with van der Waals surface area (Å²) in [6.07, 6.45) is 5.04. The third-order valence-corrected chi connectivity index (χ3v) is 5.55. The van der Waals surface area contributed by atoms with Crippen LogP contribution in [0.15, 0.2) is 32.7 Å². The normalized spacial score (nSPS) is 18.2. The Labute approximate surface area is 136 Å². The smallest absolute Gasteiger partial charge is 0.196 e. The third-order valence-electron chi connectivity index (χ3n) is 4.00. The molecule has 0 atom stereocenters. The van der Waals surface area contributed by atoms with E-state index < -0.39 is 0 Å². The first-order valence-corrected chi connectivity index (χ1v) is 8.98. The van der Waals surface area contributed by atoms with Crippen LogP contribution in [-0.2, 0) is 6.54 Å². The lowest BCUT2D eigenvalue weighted by molar-refractivity contribution is 0.627. The lowest BCUT2D eigenvalue weighted by Crippen LogP contribution is -2.03. The number of aromatic nitrogens is 3. The van der Waals surface area contributed by atoms with Gasteiger partial charge in [0.15, 0.2) is 5.16 Å². The Morgan fingerprint density at radius 2 is 2.05 bits per heavy atom. The molecule has 4 rings (SSSR count). The highest BCUT2D eigenvalue weighted by molar-refractivity contribution is 9.10. The van der Waals surface area contributed by atoms with Crippen molar-refractivity contribution in [2.45, 2.75) is 54.2 Å². The van der Waals surface area contributed by atoms with Crippen LogP contribution in [0.1, 0.15) is 49.0 Å². The van der Waals surface area contributed by atoms with Gasteiger partial charge in [0.25, 0.3) is 0 Å². The average Bonchev–Trinajstić information content (AvgIpc) is 3.39. The van der Waals surface area contributed by atoms with E-state index in [9.17, 15) is 0 Å². The lowest BCUT2D eigenvalue weighted by Gasteiger charge is -2.10. The molecule has 4 nitrogen and oxygen atoms in total. The zero-order chi connectivity index (χ0) is 14.4. The Hall–Kier alpha value is -0.850. The van der Waals surface area contributed by atoms with Gasteiger partial charge in [-0.05, 0) is 55.1 Å². The van der Waals surface area contributed by atoms with Crippen molar-refractivity contribution >= 4 is 27.7 Å². The van der Waals surface area contributed by atoms with E-state index in [2.05, 4.69) is 42.8 Å². The molecule has 2 N–H and O–H groups in total. The summed E-state index contributed by atoms with van der Waals surface area (Å²) in [5.41, 5.74) is 7.01. The van der Waals surface area contributed by atoms with Crippen molar-refractivity contribution in [1.82, 2.24) is 14.8 Å². The number of nitrogens with zero attached hydrogens (tertiary/aromatic N) is 3. The predicted molar refractivity (Wildman–Crippen MR) is 86.4 cm³/mol. The Balaban J connectivity index is 1.69. The second kappa shape index (κ2) is 5.41. The standard InChI is InChI=1S/C15H17BrN4S/c16-11-4-3-10(8-17)13(7-11)21-15-19-18-14(9-1-2-9)20(15)12-5-6-12/h3-4,7,9,12H,1-2,5-6,8,17H2. The van der Waals surface area contributed by atoms with Gasteiger partial charge in [-0.25, -0.2) is 0 Å². The van der Waals surface area contributed by atoms with Crippen LogP contribution in [0.2, 0.25) is 0 Å². The summed E-state index contributed by atoms with van der Waals surface area (Å²) in [5, 5.41) is 9.94. The molecule has 0 spiro atoms. The summed E-state index contributed by atoms with van der Waals surface area (Å²) < 4.78 is 3.45. The highest BCUT2D eigenvalue weighted by Crippen LogP contribution is 2.47. The van der Waals surface area contributed by atoms with Crippen molar-refractivity contribution in [3.63, 3.8) is 0 Å². The first-order chi connectivity index (χ1) is 10.3. The van der Waals surface area contributed by atoms with Crippen molar-refractivity contribution in [1.29, 1.82) is 0 Å². The van der Waals surface area contributed by atoms with Crippen LogP contribution in [0.5, 0.6) is 0 Å². The van der Waals surface area contributed by atoms with Crippen molar-refractivity contribution in [3.05, 3.63) is 34.1 Å². The van der Waals surface area contributed by atoms with Crippen LogP contribution in [0.3, 0.4) is 0 Å². The molecule has 2 aliphatic rings. The van der Waals surface area contributed by atoms with Gasteiger partial charge in [0.1, 0.15) is 5.82 Å². The van der Waals surface area contributed by atoms with E-state index in [4.69, 9.17) is 5.73 Å². The van der Waals surface area contributed by atoms with E-state index in [-0.39, 0.29) is 0 Å². The molecular formula is C15H17BrN4S. The van der Waals surface area contributed by atoms with E-state index in [1.807, 2.05) is 6.07 Å². The molecule has 0 unspecified atom stereocenters. The Morgan fingerprint density at radius 1 is 1.24 bits per heavy atom. The van der Waals surface area contributed by atoms with E-state index in [0.29, 0.717) is 18.5 Å². The van der Waals surface area contributed by atoms with Crippen LogP contribution < -0.4 is 5.73 Å². The summed E-state index contributed by atoms with van der Waals surface area (Å²) in [4.78, 5) is 1.17. The van der Waals surface area contributed by atoms with E-state index in [1.54, 1.807) is 11.8 Å². The molecule has 2 aliphatic carbocycles. The second-order valence-electron chi connectivity index (χ2n) is 5.77. The maximum absolute atomic E-state index is 5.86. The van der Waals surface area contributed by atoms with Crippen LogP contribution in [0, 0.1) is 0 Å². The van der Waals surface area contributed by atoms with Crippen molar-refractivity contribution < 1.29 is 0 Å². The number of halogens is 1. The zero-order valence-corrected chi connectivity index (χ0v) is 14.0. The first kappa shape index (κ1) is 13.8. The molecule has 0 radical (unpaired) electrons. The fraction of sp³-hybridized carbons (Fsp3) is 0.467. The highest BCUT2D eigenvalue weighted by atomic mass is 79.9. The van der Waals surface area contributed by atoms with Crippen LogP contribution in [0.25, 0.3) is 0 Å². The number of hydrogen-bond acceptors (Lipinski definition) is 4. The largest absolute Gasteiger partial charge is 0.326 e. The zero-order valence-electron chi connectivity index (χ0n) is 11.6. The van der Waals surface area contributed by atoms with Gasteiger partial charge in [-0.3, -0.25) is 0 Å². The van der Waals surface area contributed by atoms with Crippen molar-refractivity contribution in [2.75, 3.05) is 0 Å². The van der Waals surface area contributed by atoms with Crippen molar-refractivity contribution in [2.24, 2.45) is 5.73 Å². The van der Waals surface area contributed by atoms with E-state index in [0.717, 1.165) is 15.2 Å². The Bertz CT molecular complexity index is 676. The van der Waals surface area contributed by atoms with Gasteiger partial charge in [-0.2, -0.15) is 0 Å². The Morgan fingerprint density at radius 3 is 2.71 bits per heavy atom. The molecule has 0 amide bonds. The summed E-state index contributed by atoms with van der Waals surface area (Å²) in [7, 11) is 0. The molecule has 0 bridgehead atoms. The lowest BCUT2D eigenvalue weighted by atomic mass is 10.2. The molecular weight excluding hydrogens is 348 g/mol. The van der Waals surface area contributed by atoms with Crippen molar-refractivity contribution in [3.8, 4) is 0 Å². The number of benzene rings is 1. The monoisotopic (exact) mass is 364 g/mol. The highest BCUT2D eigenvalue weighted by Gasteiger charge is 2.36. The fourth-order valence-corrected chi connectivity index (χ4v) is 4.14. The van der Waals surface area contributed by atoms with Crippen LogP contribution in [-0.4, -0.2) is 14.8 Å². The number of hydrogen-bond donors (Lipinski definition) is 1. The van der Waals surface area contributed by atoms with E-state index in [1.165, 1.54) is 36.4 Å². The predicted octanol–water partition coefficient (Wildman–Crippen LogP) is 3.86. The fourth-order valence-electron chi connectivity index (χ4n) is 2.54. The summed E-state index contributed by atoms with van der Waals surface area (Å²) in [5.74, 6) is 1.84. The topological polar surface area (TPSA) is 56.7 Å². The van der Waals surface area contributed by atoms with Gasteiger partial charge in [-0.15, -0.1) is 10.2 Å². The molecule has 1 aromatic carbocycles. The minimum Gasteiger partial charge on any atom is -0.326 e. The second-order valence-corrected chi connectivity index (χ2v) is 7.70. The van der Waals surface area contributed by atoms with Gasteiger partial charge in [0, 0.05) is 27.9 Å². The Kier molecular flexibility index (Phi) is 3.55. The first-order valence-electron chi connectivity index (χ1n) is 7.37. The molecule has 2 saturated carbocycles. The molecule has 21 heavy (non-hydrogen) atoms. The minimum absolute atomic E-state index is 0.544. The van der Waals surface area contributed by atoms with E-state index >= 15 is 0 Å². The SMILES string of the molecule is NCc1ccc(Br)cc1Sc1nnc(C2CC2)n1C1CC1.